The van der Waals surface area contributed by atoms with Gasteiger partial charge in [0.1, 0.15) is 5.75 Å². The van der Waals surface area contributed by atoms with Crippen LogP contribution in [0, 0.1) is 0 Å². The van der Waals surface area contributed by atoms with E-state index in [4.69, 9.17) is 0 Å². The summed E-state index contributed by atoms with van der Waals surface area (Å²) in [6.07, 6.45) is 2.21. The molecule has 2 N–H and O–H groups in total. The summed E-state index contributed by atoms with van der Waals surface area (Å²) in [7, 11) is 0. The Morgan fingerprint density at radius 1 is 1.37 bits per heavy atom. The largest absolute Gasteiger partial charge is 0.508 e. The van der Waals surface area contributed by atoms with Gasteiger partial charge in [0.05, 0.1) is 0 Å². The van der Waals surface area contributed by atoms with Crippen molar-refractivity contribution in [1.29, 1.82) is 0 Å². The first kappa shape index (κ1) is 14.4. The predicted molar refractivity (Wildman–Crippen MR) is 79.6 cm³/mol. The Hall–Kier alpha value is -1.06. The lowest BCUT2D eigenvalue weighted by atomic mass is 10.1. The third-order valence-corrected chi connectivity index (χ3v) is 4.12. The van der Waals surface area contributed by atoms with Crippen molar-refractivity contribution in [2.45, 2.75) is 45.7 Å². The molecule has 3 nitrogen and oxygen atoms in total. The number of phenolic OH excluding ortho intramolecular Hbond substituents is 1. The van der Waals surface area contributed by atoms with Gasteiger partial charge in [-0.3, -0.25) is 0 Å². The molecule has 19 heavy (non-hydrogen) atoms. The fraction of sp³-hybridized carbons (Fsp3) is 0.625. The molecule has 0 aromatic heterocycles. The highest BCUT2D eigenvalue weighted by Gasteiger charge is 2.24. The summed E-state index contributed by atoms with van der Waals surface area (Å²) in [5, 5.41) is 13.3. The van der Waals surface area contributed by atoms with Gasteiger partial charge in [0.25, 0.3) is 0 Å². The lowest BCUT2D eigenvalue weighted by Crippen LogP contribution is -2.40. The number of hydrogen-bond donors (Lipinski definition) is 2. The molecule has 0 saturated carbocycles. The Bertz CT molecular complexity index is 415. The van der Waals surface area contributed by atoms with Crippen molar-refractivity contribution in [3.63, 3.8) is 0 Å². The van der Waals surface area contributed by atoms with Crippen LogP contribution in [0.4, 0.5) is 0 Å². The lowest BCUT2D eigenvalue weighted by Gasteiger charge is -2.26. The van der Waals surface area contributed by atoms with Gasteiger partial charge in [-0.25, -0.2) is 0 Å². The first-order chi connectivity index (χ1) is 9.13. The molecule has 0 heterocycles. The number of rotatable bonds is 6. The smallest absolute Gasteiger partial charge is 0.115 e. The average Bonchev–Trinajstić information content (AvgIpc) is 2.78. The van der Waals surface area contributed by atoms with Crippen molar-refractivity contribution in [1.82, 2.24) is 10.2 Å². The number of nitrogens with one attached hydrogen (secondary N) is 1. The van der Waals surface area contributed by atoms with Crippen molar-refractivity contribution < 1.29 is 5.11 Å². The summed E-state index contributed by atoms with van der Waals surface area (Å²) in [6.45, 7) is 10.00. The van der Waals surface area contributed by atoms with Gasteiger partial charge in [-0.05, 0) is 56.1 Å². The van der Waals surface area contributed by atoms with Crippen LogP contribution >= 0.6 is 0 Å². The van der Waals surface area contributed by atoms with Gasteiger partial charge >= 0.3 is 0 Å². The van der Waals surface area contributed by atoms with Crippen LogP contribution in [0.2, 0.25) is 0 Å². The minimum Gasteiger partial charge on any atom is -0.508 e. The van der Waals surface area contributed by atoms with E-state index in [-0.39, 0.29) is 0 Å². The van der Waals surface area contributed by atoms with Gasteiger partial charge in [0, 0.05) is 18.6 Å². The van der Waals surface area contributed by atoms with Crippen molar-refractivity contribution in [3.8, 4) is 5.75 Å². The Morgan fingerprint density at radius 3 is 2.79 bits per heavy atom. The summed E-state index contributed by atoms with van der Waals surface area (Å²) >= 11 is 0. The minimum absolute atomic E-state index is 0.385. The number of phenols is 1. The number of aromatic hydroxyl groups is 1. The molecule has 1 aliphatic carbocycles. The van der Waals surface area contributed by atoms with Crippen LogP contribution in [0.5, 0.6) is 5.75 Å². The monoisotopic (exact) mass is 262 g/mol. The molecule has 2 rings (SSSR count). The molecule has 0 fully saturated rings. The summed E-state index contributed by atoms with van der Waals surface area (Å²) in [4.78, 5) is 2.45. The standard InChI is InChI=1S/C16H26N2O/c1-4-18(5-2)11-12(3)17-16-9-6-13-10-14(19)7-8-15(13)16/h7-8,10,12,16-17,19H,4-6,9,11H2,1-3H3. The molecular weight excluding hydrogens is 236 g/mol. The quantitative estimate of drug-likeness (QED) is 0.827. The lowest BCUT2D eigenvalue weighted by molar-refractivity contribution is 0.261. The third-order valence-electron chi connectivity index (χ3n) is 4.12. The molecule has 1 aromatic carbocycles. The molecule has 0 amide bonds. The number of fused-ring (bicyclic) bond motifs is 1. The zero-order valence-electron chi connectivity index (χ0n) is 12.3. The second-order valence-corrected chi connectivity index (χ2v) is 5.53. The Balaban J connectivity index is 1.95. The molecule has 1 aromatic rings. The number of nitrogens with zero attached hydrogens (tertiary/aromatic N) is 1. The van der Waals surface area contributed by atoms with Crippen molar-refractivity contribution in [2.75, 3.05) is 19.6 Å². The zero-order valence-corrected chi connectivity index (χ0v) is 12.3. The summed E-state index contributed by atoms with van der Waals surface area (Å²) in [6, 6.07) is 6.71. The summed E-state index contributed by atoms with van der Waals surface area (Å²) in [5.41, 5.74) is 2.66. The normalized spacial score (nSPS) is 19.7. The Labute approximate surface area is 116 Å². The zero-order chi connectivity index (χ0) is 13.8. The van der Waals surface area contributed by atoms with Crippen LogP contribution < -0.4 is 5.32 Å². The van der Waals surface area contributed by atoms with E-state index < -0.39 is 0 Å². The Morgan fingerprint density at radius 2 is 2.11 bits per heavy atom. The fourth-order valence-corrected chi connectivity index (χ4v) is 3.04. The maximum absolute atomic E-state index is 9.52. The highest BCUT2D eigenvalue weighted by atomic mass is 16.3. The molecule has 2 atom stereocenters. The van der Waals surface area contributed by atoms with Crippen LogP contribution in [0.25, 0.3) is 0 Å². The minimum atomic E-state index is 0.385. The molecule has 2 unspecified atom stereocenters. The molecule has 0 spiro atoms. The van der Waals surface area contributed by atoms with Gasteiger partial charge in [-0.1, -0.05) is 19.9 Å². The van der Waals surface area contributed by atoms with Crippen molar-refractivity contribution >= 4 is 0 Å². The fourth-order valence-electron chi connectivity index (χ4n) is 3.04. The molecular formula is C16H26N2O. The summed E-state index contributed by atoms with van der Waals surface area (Å²) in [5.74, 6) is 0.385. The van der Waals surface area contributed by atoms with Crippen LogP contribution in [0.1, 0.15) is 44.4 Å². The molecule has 0 bridgehead atoms. The number of aryl methyl sites for hydroxylation is 1. The van der Waals surface area contributed by atoms with E-state index in [0.29, 0.717) is 17.8 Å². The SMILES string of the molecule is CCN(CC)CC(C)NC1CCc2cc(O)ccc21. The highest BCUT2D eigenvalue weighted by molar-refractivity contribution is 5.40. The van der Waals surface area contributed by atoms with Crippen LogP contribution in [-0.2, 0) is 6.42 Å². The first-order valence-electron chi connectivity index (χ1n) is 7.44. The third kappa shape index (κ3) is 3.48. The van der Waals surface area contributed by atoms with Gasteiger partial charge in [0.15, 0.2) is 0 Å². The summed E-state index contributed by atoms with van der Waals surface area (Å²) < 4.78 is 0. The molecule has 3 heteroatoms. The molecule has 0 aliphatic heterocycles. The van der Waals surface area contributed by atoms with Gasteiger partial charge < -0.3 is 15.3 Å². The van der Waals surface area contributed by atoms with Crippen molar-refractivity contribution in [2.24, 2.45) is 0 Å². The van der Waals surface area contributed by atoms with Crippen LogP contribution in [-0.4, -0.2) is 35.7 Å². The predicted octanol–water partition coefficient (Wildman–Crippen LogP) is 2.70. The number of likely N-dealkylation sites (N-methyl/N-ethyl adjacent to an activating group) is 1. The van der Waals surface area contributed by atoms with Crippen molar-refractivity contribution in [3.05, 3.63) is 29.3 Å². The molecule has 0 radical (unpaired) electrons. The van der Waals surface area contributed by atoms with Crippen LogP contribution in [0.3, 0.4) is 0 Å². The molecule has 1 aliphatic rings. The second kappa shape index (κ2) is 6.40. The van der Waals surface area contributed by atoms with E-state index in [9.17, 15) is 5.11 Å². The van der Waals surface area contributed by atoms with E-state index in [1.165, 1.54) is 11.1 Å². The van der Waals surface area contributed by atoms with E-state index in [1.807, 2.05) is 6.07 Å². The van der Waals surface area contributed by atoms with E-state index in [0.717, 1.165) is 32.5 Å². The van der Waals surface area contributed by atoms with E-state index in [1.54, 1.807) is 6.07 Å². The van der Waals surface area contributed by atoms with E-state index in [2.05, 4.69) is 37.1 Å². The average molecular weight is 262 g/mol. The van der Waals surface area contributed by atoms with E-state index >= 15 is 0 Å². The highest BCUT2D eigenvalue weighted by Crippen LogP contribution is 2.33. The number of hydrogen-bond acceptors (Lipinski definition) is 3. The molecule has 0 saturated heterocycles. The Kier molecular flexibility index (Phi) is 4.83. The second-order valence-electron chi connectivity index (χ2n) is 5.53. The van der Waals surface area contributed by atoms with Gasteiger partial charge in [-0.2, -0.15) is 0 Å². The first-order valence-corrected chi connectivity index (χ1v) is 7.44. The maximum Gasteiger partial charge on any atom is 0.115 e. The van der Waals surface area contributed by atoms with Gasteiger partial charge in [0.2, 0.25) is 0 Å². The topological polar surface area (TPSA) is 35.5 Å². The van der Waals surface area contributed by atoms with Crippen LogP contribution in [0.15, 0.2) is 18.2 Å². The number of benzene rings is 1. The maximum atomic E-state index is 9.52. The molecule has 106 valence electrons. The van der Waals surface area contributed by atoms with Gasteiger partial charge in [-0.15, -0.1) is 0 Å².